The molecule has 132 valence electrons. The SMILES string of the molecule is CCC(=O)Nc1ccc(O)c(C(=O)NCCCc2ccc(Cl)cc2)c1. The predicted octanol–water partition coefficient (Wildman–Crippen LogP) is 3.76. The number of amides is 2. The van der Waals surface area contributed by atoms with Crippen LogP contribution in [0.4, 0.5) is 5.69 Å². The van der Waals surface area contributed by atoms with Crippen LogP contribution in [0.3, 0.4) is 0 Å². The zero-order chi connectivity index (χ0) is 18.2. The molecular formula is C19H21ClN2O3. The Labute approximate surface area is 152 Å². The monoisotopic (exact) mass is 360 g/mol. The number of nitrogens with one attached hydrogen (secondary N) is 2. The molecule has 0 bridgehead atoms. The van der Waals surface area contributed by atoms with Crippen molar-refractivity contribution in [1.82, 2.24) is 5.32 Å². The zero-order valence-corrected chi connectivity index (χ0v) is 14.8. The van der Waals surface area contributed by atoms with Gasteiger partial charge in [0.05, 0.1) is 5.56 Å². The molecule has 0 fully saturated rings. The minimum atomic E-state index is -0.374. The number of hydrogen-bond donors (Lipinski definition) is 3. The number of anilines is 1. The second-order valence-electron chi connectivity index (χ2n) is 5.62. The van der Waals surface area contributed by atoms with Gasteiger partial charge in [0, 0.05) is 23.7 Å². The fourth-order valence-electron chi connectivity index (χ4n) is 2.29. The lowest BCUT2D eigenvalue weighted by Crippen LogP contribution is -2.25. The molecule has 2 rings (SSSR count). The van der Waals surface area contributed by atoms with Crippen molar-refractivity contribution in [3.63, 3.8) is 0 Å². The van der Waals surface area contributed by atoms with Crippen molar-refractivity contribution < 1.29 is 14.7 Å². The van der Waals surface area contributed by atoms with Gasteiger partial charge >= 0.3 is 0 Å². The average Bonchev–Trinajstić information content (AvgIpc) is 2.61. The zero-order valence-electron chi connectivity index (χ0n) is 14.0. The van der Waals surface area contributed by atoms with Gasteiger partial charge in [-0.2, -0.15) is 0 Å². The van der Waals surface area contributed by atoms with Gasteiger partial charge in [-0.15, -0.1) is 0 Å². The summed E-state index contributed by atoms with van der Waals surface area (Å²) < 4.78 is 0. The van der Waals surface area contributed by atoms with Crippen LogP contribution in [0.2, 0.25) is 5.02 Å². The molecule has 0 radical (unpaired) electrons. The van der Waals surface area contributed by atoms with E-state index in [1.807, 2.05) is 24.3 Å². The minimum absolute atomic E-state index is 0.121. The van der Waals surface area contributed by atoms with Crippen LogP contribution in [0.15, 0.2) is 42.5 Å². The smallest absolute Gasteiger partial charge is 0.255 e. The van der Waals surface area contributed by atoms with Gasteiger partial charge in [-0.3, -0.25) is 9.59 Å². The van der Waals surface area contributed by atoms with Gasteiger partial charge < -0.3 is 15.7 Å². The quantitative estimate of drug-likeness (QED) is 0.519. The highest BCUT2D eigenvalue weighted by Gasteiger charge is 2.12. The second kappa shape index (κ2) is 9.08. The van der Waals surface area contributed by atoms with E-state index in [0.717, 1.165) is 18.4 Å². The number of phenols is 1. The third-order valence-corrected chi connectivity index (χ3v) is 3.94. The lowest BCUT2D eigenvalue weighted by molar-refractivity contribution is -0.115. The number of carbonyl (C=O) groups is 2. The van der Waals surface area contributed by atoms with Crippen LogP contribution in [0.5, 0.6) is 5.75 Å². The van der Waals surface area contributed by atoms with Crippen LogP contribution < -0.4 is 10.6 Å². The highest BCUT2D eigenvalue weighted by atomic mass is 35.5. The maximum absolute atomic E-state index is 12.2. The van der Waals surface area contributed by atoms with Crippen molar-refractivity contribution in [3.05, 3.63) is 58.6 Å². The standard InChI is InChI=1S/C19H21ClN2O3/c1-2-18(24)22-15-9-10-17(23)16(12-15)19(25)21-11-3-4-13-5-7-14(20)8-6-13/h5-10,12,23H,2-4,11H2,1H3,(H,21,25)(H,22,24). The lowest BCUT2D eigenvalue weighted by Gasteiger charge is -2.10. The van der Waals surface area contributed by atoms with Gasteiger partial charge in [-0.25, -0.2) is 0 Å². The van der Waals surface area contributed by atoms with E-state index in [0.29, 0.717) is 23.7 Å². The summed E-state index contributed by atoms with van der Waals surface area (Å²) in [4.78, 5) is 23.7. The Bertz CT molecular complexity index is 745. The molecule has 6 heteroatoms. The van der Waals surface area contributed by atoms with Crippen molar-refractivity contribution in [2.45, 2.75) is 26.2 Å². The fraction of sp³-hybridized carbons (Fsp3) is 0.263. The number of aryl methyl sites for hydroxylation is 1. The molecule has 0 spiro atoms. The molecule has 2 amide bonds. The Balaban J connectivity index is 1.88. The molecular weight excluding hydrogens is 340 g/mol. The van der Waals surface area contributed by atoms with Crippen molar-refractivity contribution in [2.75, 3.05) is 11.9 Å². The summed E-state index contributed by atoms with van der Waals surface area (Å²) in [6, 6.07) is 12.0. The molecule has 0 aromatic heterocycles. The molecule has 0 aliphatic carbocycles. The first-order valence-electron chi connectivity index (χ1n) is 8.15. The molecule has 2 aromatic rings. The van der Waals surface area contributed by atoms with E-state index < -0.39 is 0 Å². The van der Waals surface area contributed by atoms with E-state index in [1.54, 1.807) is 13.0 Å². The van der Waals surface area contributed by atoms with Crippen molar-refractivity contribution in [2.24, 2.45) is 0 Å². The summed E-state index contributed by atoms with van der Waals surface area (Å²) in [5.41, 5.74) is 1.77. The molecule has 0 saturated heterocycles. The van der Waals surface area contributed by atoms with Crippen LogP contribution in [0.25, 0.3) is 0 Å². The number of benzene rings is 2. The predicted molar refractivity (Wildman–Crippen MR) is 99.1 cm³/mol. The molecule has 0 aliphatic heterocycles. The first-order valence-corrected chi connectivity index (χ1v) is 8.53. The van der Waals surface area contributed by atoms with Gasteiger partial charge in [-0.05, 0) is 48.7 Å². The number of aromatic hydroxyl groups is 1. The highest BCUT2D eigenvalue weighted by molar-refractivity contribution is 6.30. The van der Waals surface area contributed by atoms with E-state index in [9.17, 15) is 14.7 Å². The Hall–Kier alpha value is -2.53. The first kappa shape index (κ1) is 18.8. The topological polar surface area (TPSA) is 78.4 Å². The Morgan fingerprint density at radius 3 is 2.52 bits per heavy atom. The summed E-state index contributed by atoms with van der Waals surface area (Å²) in [5.74, 6) is -0.647. The van der Waals surface area contributed by atoms with Crippen molar-refractivity contribution in [3.8, 4) is 5.75 Å². The Kier molecular flexibility index (Phi) is 6.83. The second-order valence-corrected chi connectivity index (χ2v) is 6.06. The number of phenolic OH excluding ortho intramolecular Hbond substituents is 1. The van der Waals surface area contributed by atoms with E-state index in [2.05, 4.69) is 10.6 Å². The summed E-state index contributed by atoms with van der Waals surface area (Å²) in [7, 11) is 0. The molecule has 0 aliphatic rings. The molecule has 2 aromatic carbocycles. The van der Waals surface area contributed by atoms with E-state index in [4.69, 9.17) is 11.6 Å². The summed E-state index contributed by atoms with van der Waals surface area (Å²) in [6.45, 7) is 2.22. The normalized spacial score (nSPS) is 10.3. The molecule has 0 heterocycles. The van der Waals surface area contributed by atoms with Crippen molar-refractivity contribution >= 4 is 29.1 Å². The number of rotatable bonds is 7. The molecule has 3 N–H and O–H groups in total. The number of hydrogen-bond acceptors (Lipinski definition) is 3. The third kappa shape index (κ3) is 5.80. The Morgan fingerprint density at radius 2 is 1.84 bits per heavy atom. The molecule has 0 unspecified atom stereocenters. The van der Waals surface area contributed by atoms with Crippen LogP contribution in [0, 0.1) is 0 Å². The highest BCUT2D eigenvalue weighted by Crippen LogP contribution is 2.21. The average molecular weight is 361 g/mol. The fourth-order valence-corrected chi connectivity index (χ4v) is 2.41. The lowest BCUT2D eigenvalue weighted by atomic mass is 10.1. The Morgan fingerprint density at radius 1 is 1.12 bits per heavy atom. The third-order valence-electron chi connectivity index (χ3n) is 3.69. The number of halogens is 1. The van der Waals surface area contributed by atoms with Gasteiger partial charge in [0.25, 0.3) is 5.91 Å². The van der Waals surface area contributed by atoms with Gasteiger partial charge in [0.1, 0.15) is 5.75 Å². The summed E-state index contributed by atoms with van der Waals surface area (Å²) in [6.07, 6.45) is 1.92. The number of carbonyl (C=O) groups excluding carboxylic acids is 2. The first-order chi connectivity index (χ1) is 12.0. The van der Waals surface area contributed by atoms with Crippen LogP contribution in [0.1, 0.15) is 35.7 Å². The van der Waals surface area contributed by atoms with Crippen LogP contribution >= 0.6 is 11.6 Å². The van der Waals surface area contributed by atoms with Crippen molar-refractivity contribution in [1.29, 1.82) is 0 Å². The largest absolute Gasteiger partial charge is 0.507 e. The minimum Gasteiger partial charge on any atom is -0.507 e. The van der Waals surface area contributed by atoms with E-state index in [-0.39, 0.29) is 23.1 Å². The van der Waals surface area contributed by atoms with Gasteiger partial charge in [-0.1, -0.05) is 30.7 Å². The van der Waals surface area contributed by atoms with Gasteiger partial charge in [0.15, 0.2) is 0 Å². The molecule has 0 saturated carbocycles. The van der Waals surface area contributed by atoms with Crippen LogP contribution in [-0.2, 0) is 11.2 Å². The van der Waals surface area contributed by atoms with Crippen LogP contribution in [-0.4, -0.2) is 23.5 Å². The van der Waals surface area contributed by atoms with E-state index >= 15 is 0 Å². The molecule has 25 heavy (non-hydrogen) atoms. The van der Waals surface area contributed by atoms with E-state index in [1.165, 1.54) is 12.1 Å². The summed E-state index contributed by atoms with van der Waals surface area (Å²) in [5, 5.41) is 16.0. The molecule has 5 nitrogen and oxygen atoms in total. The molecule has 0 atom stereocenters. The maximum Gasteiger partial charge on any atom is 0.255 e. The summed E-state index contributed by atoms with van der Waals surface area (Å²) >= 11 is 5.84. The van der Waals surface area contributed by atoms with Gasteiger partial charge in [0.2, 0.25) is 5.91 Å². The maximum atomic E-state index is 12.2.